The minimum absolute atomic E-state index is 0.143. The number of piperazine rings is 1. The Bertz CT molecular complexity index is 571. The number of hydrogen-bond donors (Lipinski definition) is 1. The van der Waals surface area contributed by atoms with Crippen LogP contribution in [-0.4, -0.2) is 35.2 Å². The van der Waals surface area contributed by atoms with Crippen molar-refractivity contribution in [2.24, 2.45) is 0 Å². The number of halogens is 1. The van der Waals surface area contributed by atoms with Gasteiger partial charge in [0.05, 0.1) is 10.6 Å². The van der Waals surface area contributed by atoms with E-state index in [0.29, 0.717) is 10.6 Å². The lowest BCUT2D eigenvalue weighted by atomic mass is 10.1. The van der Waals surface area contributed by atoms with Crippen LogP contribution < -0.4 is 5.32 Å². The van der Waals surface area contributed by atoms with Crippen molar-refractivity contribution in [1.82, 2.24) is 10.2 Å². The van der Waals surface area contributed by atoms with E-state index in [-0.39, 0.29) is 6.54 Å². The minimum Gasteiger partial charge on any atom is -0.318 e. The van der Waals surface area contributed by atoms with Crippen molar-refractivity contribution in [2.45, 2.75) is 19.9 Å². The molecule has 1 atom stereocenters. The van der Waals surface area contributed by atoms with Gasteiger partial charge in [0.15, 0.2) is 0 Å². The summed E-state index contributed by atoms with van der Waals surface area (Å²) < 4.78 is 0. The summed E-state index contributed by atoms with van der Waals surface area (Å²) in [5, 5.41) is 2.53. The highest BCUT2D eigenvalue weighted by atomic mass is 35.5. The number of nitrogens with zero attached hydrogens (tertiary/aromatic N) is 1. The summed E-state index contributed by atoms with van der Waals surface area (Å²) in [5.74, 6) is -1.38. The molecular formula is C13H13ClN2O3. The molecule has 0 bridgehead atoms. The molecule has 0 spiro atoms. The molecule has 6 heteroatoms. The van der Waals surface area contributed by atoms with Crippen molar-refractivity contribution in [2.75, 3.05) is 6.54 Å². The molecule has 2 rings (SSSR count). The van der Waals surface area contributed by atoms with E-state index in [4.69, 9.17) is 11.6 Å². The van der Waals surface area contributed by atoms with E-state index in [1.165, 1.54) is 4.90 Å². The molecule has 1 aliphatic heterocycles. The topological polar surface area (TPSA) is 66.5 Å². The molecule has 1 aromatic carbocycles. The smallest absolute Gasteiger partial charge is 0.256 e. The summed E-state index contributed by atoms with van der Waals surface area (Å²) in [6.45, 7) is 3.22. The molecule has 1 aromatic rings. The summed E-state index contributed by atoms with van der Waals surface area (Å²) in [4.78, 5) is 36.5. The molecule has 1 heterocycles. The van der Waals surface area contributed by atoms with Gasteiger partial charge < -0.3 is 4.90 Å². The Hall–Kier alpha value is -1.88. The highest BCUT2D eigenvalue weighted by Crippen LogP contribution is 2.23. The molecule has 0 aliphatic carbocycles. The molecule has 5 nitrogen and oxygen atoms in total. The Labute approximate surface area is 115 Å². The van der Waals surface area contributed by atoms with Crippen LogP contribution in [0.15, 0.2) is 18.2 Å². The maximum Gasteiger partial charge on any atom is 0.256 e. The molecule has 1 saturated heterocycles. The maximum absolute atomic E-state index is 12.4. The summed E-state index contributed by atoms with van der Waals surface area (Å²) >= 11 is 6.09. The van der Waals surface area contributed by atoms with E-state index in [9.17, 15) is 14.4 Å². The van der Waals surface area contributed by atoms with Crippen LogP contribution in [0, 0.1) is 6.92 Å². The number of hydrogen-bond acceptors (Lipinski definition) is 3. The zero-order valence-corrected chi connectivity index (χ0v) is 11.3. The molecule has 1 N–H and O–H groups in total. The molecule has 1 fully saturated rings. The normalized spacial score (nSPS) is 19.3. The van der Waals surface area contributed by atoms with Crippen LogP contribution in [0.4, 0.5) is 0 Å². The van der Waals surface area contributed by atoms with Gasteiger partial charge in [-0.05, 0) is 25.5 Å². The van der Waals surface area contributed by atoms with E-state index < -0.39 is 23.8 Å². The summed E-state index contributed by atoms with van der Waals surface area (Å²) in [7, 11) is 0. The van der Waals surface area contributed by atoms with Crippen molar-refractivity contribution >= 4 is 29.3 Å². The van der Waals surface area contributed by atoms with Crippen LogP contribution in [0.2, 0.25) is 5.02 Å². The van der Waals surface area contributed by atoms with Crippen molar-refractivity contribution in [3.8, 4) is 0 Å². The number of rotatable bonds is 1. The van der Waals surface area contributed by atoms with Gasteiger partial charge in [0.2, 0.25) is 11.8 Å². The predicted molar refractivity (Wildman–Crippen MR) is 69.8 cm³/mol. The van der Waals surface area contributed by atoms with Gasteiger partial charge >= 0.3 is 0 Å². The molecule has 0 saturated carbocycles. The van der Waals surface area contributed by atoms with E-state index in [1.54, 1.807) is 32.0 Å². The zero-order chi connectivity index (χ0) is 14.2. The van der Waals surface area contributed by atoms with Gasteiger partial charge in [-0.2, -0.15) is 0 Å². The molecule has 0 radical (unpaired) electrons. The summed E-state index contributed by atoms with van der Waals surface area (Å²) in [5.41, 5.74) is 1.07. The van der Waals surface area contributed by atoms with Crippen LogP contribution in [0.5, 0.6) is 0 Å². The Kier molecular flexibility index (Phi) is 3.57. The third-order valence-corrected chi connectivity index (χ3v) is 3.61. The van der Waals surface area contributed by atoms with Crippen molar-refractivity contribution < 1.29 is 14.4 Å². The third kappa shape index (κ3) is 2.46. The summed E-state index contributed by atoms with van der Waals surface area (Å²) in [6, 6.07) is 4.39. The van der Waals surface area contributed by atoms with Crippen LogP contribution in [-0.2, 0) is 9.59 Å². The highest BCUT2D eigenvalue weighted by Gasteiger charge is 2.34. The first-order valence-corrected chi connectivity index (χ1v) is 6.19. The third-order valence-electron chi connectivity index (χ3n) is 3.11. The molecule has 1 unspecified atom stereocenters. The highest BCUT2D eigenvalue weighted by molar-refractivity contribution is 6.34. The molecular weight excluding hydrogens is 268 g/mol. The lowest BCUT2D eigenvalue weighted by Crippen LogP contribution is -2.58. The Balaban J connectivity index is 2.35. The number of imide groups is 1. The first-order valence-electron chi connectivity index (χ1n) is 5.81. The van der Waals surface area contributed by atoms with Crippen LogP contribution in [0.1, 0.15) is 22.8 Å². The van der Waals surface area contributed by atoms with E-state index in [2.05, 4.69) is 5.32 Å². The lowest BCUT2D eigenvalue weighted by molar-refractivity contribution is -0.138. The zero-order valence-electron chi connectivity index (χ0n) is 10.6. The van der Waals surface area contributed by atoms with E-state index in [1.807, 2.05) is 0 Å². The number of benzene rings is 1. The average Bonchev–Trinajstić information content (AvgIpc) is 2.36. The second kappa shape index (κ2) is 5.01. The minimum atomic E-state index is -0.693. The van der Waals surface area contributed by atoms with E-state index in [0.717, 1.165) is 5.56 Å². The van der Waals surface area contributed by atoms with Crippen LogP contribution >= 0.6 is 11.6 Å². The predicted octanol–water partition coefficient (Wildman–Crippen LogP) is 1.14. The average molecular weight is 281 g/mol. The molecule has 100 valence electrons. The van der Waals surface area contributed by atoms with Gasteiger partial charge in [0.25, 0.3) is 5.91 Å². The SMILES string of the molecule is Cc1cccc(C(=O)N2CC(=O)NC(=O)C2C)c1Cl. The molecule has 3 amide bonds. The number of aryl methyl sites for hydroxylation is 1. The Morgan fingerprint density at radius 1 is 1.42 bits per heavy atom. The van der Waals surface area contributed by atoms with Gasteiger partial charge in [-0.3, -0.25) is 19.7 Å². The standard InChI is InChI=1S/C13H13ClN2O3/c1-7-4-3-5-9(11(7)14)13(19)16-6-10(17)15-12(18)8(16)2/h3-5,8H,6H2,1-2H3,(H,15,17,18). The van der Waals surface area contributed by atoms with Gasteiger partial charge in [-0.1, -0.05) is 23.7 Å². The fraction of sp³-hybridized carbons (Fsp3) is 0.308. The van der Waals surface area contributed by atoms with Crippen molar-refractivity contribution in [3.05, 3.63) is 34.3 Å². The van der Waals surface area contributed by atoms with Crippen LogP contribution in [0.3, 0.4) is 0 Å². The Morgan fingerprint density at radius 3 is 2.79 bits per heavy atom. The lowest BCUT2D eigenvalue weighted by Gasteiger charge is -2.31. The quantitative estimate of drug-likeness (QED) is 0.785. The van der Waals surface area contributed by atoms with Gasteiger partial charge in [0.1, 0.15) is 12.6 Å². The van der Waals surface area contributed by atoms with Crippen molar-refractivity contribution in [3.63, 3.8) is 0 Å². The Morgan fingerprint density at radius 2 is 2.11 bits per heavy atom. The molecule has 19 heavy (non-hydrogen) atoms. The first-order chi connectivity index (χ1) is 8.91. The number of nitrogens with one attached hydrogen (secondary N) is 1. The molecule has 1 aliphatic rings. The monoisotopic (exact) mass is 280 g/mol. The number of carbonyl (C=O) groups excluding carboxylic acids is 3. The summed E-state index contributed by atoms with van der Waals surface area (Å²) in [6.07, 6.45) is 0. The van der Waals surface area contributed by atoms with Gasteiger partial charge in [-0.15, -0.1) is 0 Å². The van der Waals surface area contributed by atoms with E-state index >= 15 is 0 Å². The van der Waals surface area contributed by atoms with Gasteiger partial charge in [-0.25, -0.2) is 0 Å². The van der Waals surface area contributed by atoms with Crippen LogP contribution in [0.25, 0.3) is 0 Å². The molecule has 0 aromatic heterocycles. The first kappa shape index (κ1) is 13.5. The second-order valence-electron chi connectivity index (χ2n) is 4.46. The second-order valence-corrected chi connectivity index (χ2v) is 4.84. The largest absolute Gasteiger partial charge is 0.318 e. The number of carbonyl (C=O) groups is 3. The fourth-order valence-corrected chi connectivity index (χ4v) is 2.14. The number of amides is 3. The van der Waals surface area contributed by atoms with Gasteiger partial charge in [0, 0.05) is 0 Å². The maximum atomic E-state index is 12.4. The fourth-order valence-electron chi connectivity index (χ4n) is 1.93. The van der Waals surface area contributed by atoms with Crippen molar-refractivity contribution in [1.29, 1.82) is 0 Å².